The van der Waals surface area contributed by atoms with Crippen molar-refractivity contribution >= 4 is 5.91 Å². The fourth-order valence-corrected chi connectivity index (χ4v) is 1.40. The number of hydrogen-bond donors (Lipinski definition) is 1. The summed E-state index contributed by atoms with van der Waals surface area (Å²) < 4.78 is 12.9. The first-order chi connectivity index (χ1) is 7.56. The van der Waals surface area contributed by atoms with Gasteiger partial charge in [0.25, 0.3) is 5.91 Å². The Morgan fingerprint density at radius 3 is 2.75 bits per heavy atom. The van der Waals surface area contributed by atoms with Crippen LogP contribution in [0.2, 0.25) is 0 Å². The Kier molecular flexibility index (Phi) is 4.37. The van der Waals surface area contributed by atoms with Gasteiger partial charge in [-0.3, -0.25) is 9.78 Å². The average Bonchev–Trinajstić information content (AvgIpc) is 2.24. The van der Waals surface area contributed by atoms with E-state index in [0.29, 0.717) is 0 Å². The molecule has 1 amide bonds. The first kappa shape index (κ1) is 12.6. The van der Waals surface area contributed by atoms with Gasteiger partial charge in [0.2, 0.25) is 0 Å². The molecule has 4 nitrogen and oxygen atoms in total. The van der Waals surface area contributed by atoms with Gasteiger partial charge >= 0.3 is 0 Å². The number of rotatable bonds is 4. The van der Waals surface area contributed by atoms with Crippen LogP contribution in [-0.4, -0.2) is 40.1 Å². The smallest absolute Gasteiger partial charge is 0.255 e. The molecule has 1 N–H and O–H groups in total. The third-order valence-corrected chi connectivity index (χ3v) is 2.18. The number of amides is 1. The standard InChI is InChI=1S/C11H15FN2O2/c1-8(2)14(3-4-15)11(16)9-5-10(12)7-13-6-9/h5-8,15H,3-4H2,1-2H3. The van der Waals surface area contributed by atoms with Crippen LogP contribution in [0.1, 0.15) is 24.2 Å². The molecule has 1 heterocycles. The Balaban J connectivity index is 2.90. The van der Waals surface area contributed by atoms with Crippen LogP contribution in [0.15, 0.2) is 18.5 Å². The molecule has 0 aliphatic heterocycles. The minimum atomic E-state index is -0.543. The summed E-state index contributed by atoms with van der Waals surface area (Å²) in [5.74, 6) is -0.866. The van der Waals surface area contributed by atoms with Crippen molar-refractivity contribution in [3.8, 4) is 0 Å². The molecule has 16 heavy (non-hydrogen) atoms. The summed E-state index contributed by atoms with van der Waals surface area (Å²) in [6.07, 6.45) is 2.36. The highest BCUT2D eigenvalue weighted by Gasteiger charge is 2.18. The summed E-state index contributed by atoms with van der Waals surface area (Å²) >= 11 is 0. The Bertz CT molecular complexity index is 369. The van der Waals surface area contributed by atoms with Crippen molar-refractivity contribution in [2.45, 2.75) is 19.9 Å². The lowest BCUT2D eigenvalue weighted by atomic mass is 10.2. The van der Waals surface area contributed by atoms with E-state index in [9.17, 15) is 9.18 Å². The monoisotopic (exact) mass is 226 g/mol. The van der Waals surface area contributed by atoms with Crippen molar-refractivity contribution in [3.63, 3.8) is 0 Å². The number of hydrogen-bond acceptors (Lipinski definition) is 3. The number of nitrogens with zero attached hydrogens (tertiary/aromatic N) is 2. The molecule has 0 aliphatic carbocycles. The molecule has 0 spiro atoms. The summed E-state index contributed by atoms with van der Waals surface area (Å²) in [6.45, 7) is 3.78. The van der Waals surface area contributed by atoms with E-state index in [-0.39, 0.29) is 30.7 Å². The Morgan fingerprint density at radius 2 is 2.25 bits per heavy atom. The number of carbonyl (C=O) groups is 1. The predicted molar refractivity (Wildman–Crippen MR) is 57.5 cm³/mol. The minimum absolute atomic E-state index is 0.0529. The van der Waals surface area contributed by atoms with Gasteiger partial charge in [0, 0.05) is 18.8 Å². The number of aliphatic hydroxyl groups is 1. The molecule has 0 fully saturated rings. The highest BCUT2D eigenvalue weighted by molar-refractivity contribution is 5.94. The van der Waals surface area contributed by atoms with E-state index in [1.807, 2.05) is 13.8 Å². The van der Waals surface area contributed by atoms with Crippen LogP contribution in [0, 0.1) is 5.82 Å². The fourth-order valence-electron chi connectivity index (χ4n) is 1.40. The third-order valence-electron chi connectivity index (χ3n) is 2.18. The van der Waals surface area contributed by atoms with Crippen molar-refractivity contribution < 1.29 is 14.3 Å². The summed E-state index contributed by atoms with van der Waals surface area (Å²) in [6, 6.07) is 1.09. The molecule has 1 aromatic heterocycles. The van der Waals surface area contributed by atoms with Crippen LogP contribution >= 0.6 is 0 Å². The molecule has 0 aromatic carbocycles. The van der Waals surface area contributed by atoms with Crippen LogP contribution in [-0.2, 0) is 0 Å². The summed E-state index contributed by atoms with van der Waals surface area (Å²) in [5.41, 5.74) is 0.196. The second-order valence-electron chi connectivity index (χ2n) is 3.71. The molecular formula is C11H15FN2O2. The topological polar surface area (TPSA) is 53.4 Å². The van der Waals surface area contributed by atoms with Gasteiger partial charge in [-0.05, 0) is 19.9 Å². The van der Waals surface area contributed by atoms with Crippen LogP contribution in [0.5, 0.6) is 0 Å². The van der Waals surface area contributed by atoms with Crippen LogP contribution in [0.25, 0.3) is 0 Å². The van der Waals surface area contributed by atoms with Gasteiger partial charge in [-0.2, -0.15) is 0 Å². The third kappa shape index (κ3) is 3.00. The van der Waals surface area contributed by atoms with Crippen LogP contribution < -0.4 is 0 Å². The molecule has 1 aromatic rings. The molecule has 0 unspecified atom stereocenters. The Hall–Kier alpha value is -1.49. The molecule has 0 atom stereocenters. The normalized spacial score (nSPS) is 10.6. The number of halogens is 1. The van der Waals surface area contributed by atoms with E-state index in [1.165, 1.54) is 11.1 Å². The highest BCUT2D eigenvalue weighted by Crippen LogP contribution is 2.08. The van der Waals surface area contributed by atoms with Crippen molar-refractivity contribution in [1.29, 1.82) is 0 Å². The maximum Gasteiger partial charge on any atom is 0.255 e. The maximum atomic E-state index is 12.9. The first-order valence-electron chi connectivity index (χ1n) is 5.08. The minimum Gasteiger partial charge on any atom is -0.395 e. The molecule has 0 saturated heterocycles. The second kappa shape index (κ2) is 5.55. The van der Waals surface area contributed by atoms with Gasteiger partial charge in [0.05, 0.1) is 18.4 Å². The molecule has 0 aliphatic rings. The van der Waals surface area contributed by atoms with E-state index in [0.717, 1.165) is 12.3 Å². The number of carbonyl (C=O) groups excluding carboxylic acids is 1. The van der Waals surface area contributed by atoms with Crippen molar-refractivity contribution in [2.24, 2.45) is 0 Å². The molecular weight excluding hydrogens is 211 g/mol. The molecule has 0 radical (unpaired) electrons. The van der Waals surface area contributed by atoms with Gasteiger partial charge < -0.3 is 10.0 Å². The van der Waals surface area contributed by atoms with E-state index in [1.54, 1.807) is 0 Å². The fraction of sp³-hybridized carbons (Fsp3) is 0.455. The molecule has 5 heteroatoms. The van der Waals surface area contributed by atoms with E-state index >= 15 is 0 Å². The molecule has 88 valence electrons. The summed E-state index contributed by atoms with van der Waals surface area (Å²) in [5, 5.41) is 8.85. The second-order valence-corrected chi connectivity index (χ2v) is 3.71. The largest absolute Gasteiger partial charge is 0.395 e. The molecule has 0 bridgehead atoms. The Labute approximate surface area is 93.7 Å². The van der Waals surface area contributed by atoms with Gasteiger partial charge in [-0.15, -0.1) is 0 Å². The lowest BCUT2D eigenvalue weighted by Gasteiger charge is -2.25. The van der Waals surface area contributed by atoms with Gasteiger partial charge in [0.15, 0.2) is 0 Å². The quantitative estimate of drug-likeness (QED) is 0.835. The predicted octanol–water partition coefficient (Wildman–Crippen LogP) is 1.06. The van der Waals surface area contributed by atoms with Crippen molar-refractivity contribution in [2.75, 3.05) is 13.2 Å². The zero-order valence-corrected chi connectivity index (χ0v) is 9.35. The van der Waals surface area contributed by atoms with Gasteiger partial charge in [0.1, 0.15) is 5.82 Å². The van der Waals surface area contributed by atoms with Gasteiger partial charge in [-0.1, -0.05) is 0 Å². The molecule has 1 rings (SSSR count). The molecule has 0 saturated carbocycles. The zero-order chi connectivity index (χ0) is 12.1. The first-order valence-corrected chi connectivity index (χ1v) is 5.08. The Morgan fingerprint density at radius 1 is 1.56 bits per heavy atom. The summed E-state index contributed by atoms with van der Waals surface area (Å²) in [7, 11) is 0. The number of aromatic nitrogens is 1. The number of pyridine rings is 1. The highest BCUT2D eigenvalue weighted by atomic mass is 19.1. The lowest BCUT2D eigenvalue weighted by molar-refractivity contribution is 0.0664. The van der Waals surface area contributed by atoms with E-state index < -0.39 is 5.82 Å². The summed E-state index contributed by atoms with van der Waals surface area (Å²) in [4.78, 5) is 17.0. The maximum absolute atomic E-state index is 12.9. The zero-order valence-electron chi connectivity index (χ0n) is 9.35. The van der Waals surface area contributed by atoms with E-state index in [4.69, 9.17) is 5.11 Å². The van der Waals surface area contributed by atoms with Crippen LogP contribution in [0.4, 0.5) is 4.39 Å². The number of aliphatic hydroxyl groups excluding tert-OH is 1. The van der Waals surface area contributed by atoms with Crippen LogP contribution in [0.3, 0.4) is 0 Å². The van der Waals surface area contributed by atoms with Crippen molar-refractivity contribution in [3.05, 3.63) is 29.8 Å². The average molecular weight is 226 g/mol. The lowest BCUT2D eigenvalue weighted by Crippen LogP contribution is -2.39. The van der Waals surface area contributed by atoms with Crippen molar-refractivity contribution in [1.82, 2.24) is 9.88 Å². The van der Waals surface area contributed by atoms with Gasteiger partial charge in [-0.25, -0.2) is 4.39 Å². The SMILES string of the molecule is CC(C)N(CCO)C(=O)c1cncc(F)c1. The van der Waals surface area contributed by atoms with E-state index in [2.05, 4.69) is 4.98 Å².